The van der Waals surface area contributed by atoms with E-state index in [0.717, 1.165) is 0 Å². The Balaban J connectivity index is 1.71. The van der Waals surface area contributed by atoms with Crippen molar-refractivity contribution in [1.29, 1.82) is 0 Å². The number of rotatable bonds is 3. The highest BCUT2D eigenvalue weighted by atomic mass is 35.5. The normalized spacial score (nSPS) is 27.8. The number of carbonyl (C=O) groups excluding carboxylic acids is 2. The van der Waals surface area contributed by atoms with Gasteiger partial charge in [0.25, 0.3) is 0 Å². The molecule has 0 aromatic heterocycles. The Kier molecular flexibility index (Phi) is 4.32. The van der Waals surface area contributed by atoms with Crippen LogP contribution in [0.3, 0.4) is 0 Å². The summed E-state index contributed by atoms with van der Waals surface area (Å²) >= 11 is 5.50. The largest absolute Gasteiger partial charge is 0.444 e. The Labute approximate surface area is 124 Å². The van der Waals surface area contributed by atoms with Gasteiger partial charge in [0.2, 0.25) is 0 Å². The fourth-order valence-corrected chi connectivity index (χ4v) is 2.67. The zero-order valence-electron chi connectivity index (χ0n) is 12.1. The molecular weight excluding hydrogens is 282 g/mol. The van der Waals surface area contributed by atoms with E-state index in [1.807, 2.05) is 20.8 Å². The molecule has 0 radical (unpaired) electrons. The van der Waals surface area contributed by atoms with Crippen molar-refractivity contribution in [3.8, 4) is 0 Å². The molecule has 3 amide bonds. The van der Waals surface area contributed by atoms with Crippen molar-refractivity contribution < 1.29 is 14.3 Å². The fraction of sp³-hybridized carbons (Fsp3) is 0.846. The molecule has 1 aliphatic carbocycles. The summed E-state index contributed by atoms with van der Waals surface area (Å²) < 4.78 is 5.33. The maximum absolute atomic E-state index is 11.9. The monoisotopic (exact) mass is 303 g/mol. The number of halogens is 1. The van der Waals surface area contributed by atoms with Gasteiger partial charge < -0.3 is 20.3 Å². The topological polar surface area (TPSA) is 70.7 Å². The maximum atomic E-state index is 11.9. The summed E-state index contributed by atoms with van der Waals surface area (Å²) in [5, 5.41) is 5.58. The third-order valence-electron chi connectivity index (χ3n) is 3.52. The molecule has 0 aromatic rings. The van der Waals surface area contributed by atoms with E-state index in [9.17, 15) is 9.59 Å². The molecule has 0 aromatic carbocycles. The molecule has 2 rings (SSSR count). The second-order valence-electron chi connectivity index (χ2n) is 6.33. The predicted molar refractivity (Wildman–Crippen MR) is 75.8 cm³/mol. The van der Waals surface area contributed by atoms with Crippen LogP contribution in [-0.2, 0) is 4.74 Å². The lowest BCUT2D eigenvalue weighted by Crippen LogP contribution is -2.43. The first kappa shape index (κ1) is 15.2. The van der Waals surface area contributed by atoms with Crippen LogP contribution in [0.5, 0.6) is 0 Å². The molecule has 2 atom stereocenters. The van der Waals surface area contributed by atoms with Gasteiger partial charge in [-0.05, 0) is 20.8 Å². The molecular formula is C13H22ClN3O3. The van der Waals surface area contributed by atoms with Crippen molar-refractivity contribution in [3.63, 3.8) is 0 Å². The Hall–Kier alpha value is -1.17. The fourth-order valence-electron chi connectivity index (χ4n) is 2.58. The Bertz CT molecular complexity index is 385. The first-order valence-electron chi connectivity index (χ1n) is 6.90. The summed E-state index contributed by atoms with van der Waals surface area (Å²) in [5.74, 6) is 1.10. The lowest BCUT2D eigenvalue weighted by molar-refractivity contribution is 0.0270. The molecule has 1 saturated carbocycles. The van der Waals surface area contributed by atoms with Crippen LogP contribution in [0.1, 0.15) is 20.8 Å². The van der Waals surface area contributed by atoms with Gasteiger partial charge in [-0.15, -0.1) is 11.6 Å². The summed E-state index contributed by atoms with van der Waals surface area (Å²) in [6.07, 6.45) is -0.268. The lowest BCUT2D eigenvalue weighted by Gasteiger charge is -2.26. The SMILES string of the molecule is CC(C)(C)OC(=O)N1CC2C(C1)C2NC(=O)NCCCl. The number of piperidine rings is 1. The van der Waals surface area contributed by atoms with Crippen molar-refractivity contribution in [2.45, 2.75) is 32.4 Å². The highest BCUT2D eigenvalue weighted by Crippen LogP contribution is 2.45. The van der Waals surface area contributed by atoms with Crippen LogP contribution in [0, 0.1) is 11.8 Å². The van der Waals surface area contributed by atoms with E-state index in [1.165, 1.54) is 0 Å². The molecule has 1 aliphatic heterocycles. The molecule has 0 spiro atoms. The number of nitrogens with one attached hydrogen (secondary N) is 2. The quantitative estimate of drug-likeness (QED) is 0.774. The standard InChI is InChI=1S/C13H22ClN3O3/c1-13(2,3)20-12(19)17-6-8-9(7-17)10(8)16-11(18)15-5-4-14/h8-10H,4-7H2,1-3H3,(H2,15,16,18). The first-order valence-corrected chi connectivity index (χ1v) is 7.43. The second kappa shape index (κ2) is 5.68. The van der Waals surface area contributed by atoms with E-state index in [1.54, 1.807) is 4.90 Å². The van der Waals surface area contributed by atoms with E-state index in [4.69, 9.17) is 16.3 Å². The molecule has 2 fully saturated rings. The number of carbonyl (C=O) groups is 2. The first-order chi connectivity index (χ1) is 9.31. The maximum Gasteiger partial charge on any atom is 0.410 e. The van der Waals surface area contributed by atoms with Gasteiger partial charge in [0.15, 0.2) is 0 Å². The van der Waals surface area contributed by atoms with E-state index in [0.29, 0.717) is 37.4 Å². The molecule has 2 unspecified atom stereocenters. The van der Waals surface area contributed by atoms with Gasteiger partial charge in [0.1, 0.15) is 5.60 Å². The number of ether oxygens (including phenoxy) is 1. The molecule has 7 heteroatoms. The minimum atomic E-state index is -0.469. The number of fused-ring (bicyclic) bond motifs is 1. The number of likely N-dealkylation sites (tertiary alicyclic amines) is 1. The van der Waals surface area contributed by atoms with Crippen LogP contribution in [0.2, 0.25) is 0 Å². The number of urea groups is 1. The van der Waals surface area contributed by atoms with Crippen molar-refractivity contribution in [2.24, 2.45) is 11.8 Å². The molecule has 0 bridgehead atoms. The molecule has 114 valence electrons. The number of amides is 3. The smallest absolute Gasteiger partial charge is 0.410 e. The summed E-state index contributed by atoms with van der Waals surface area (Å²) in [6.45, 7) is 7.33. The summed E-state index contributed by atoms with van der Waals surface area (Å²) in [5.41, 5.74) is -0.469. The Morgan fingerprint density at radius 3 is 2.40 bits per heavy atom. The van der Waals surface area contributed by atoms with Crippen LogP contribution < -0.4 is 10.6 Å². The Morgan fingerprint density at radius 2 is 1.90 bits per heavy atom. The van der Waals surface area contributed by atoms with Crippen LogP contribution in [0.4, 0.5) is 9.59 Å². The van der Waals surface area contributed by atoms with Gasteiger partial charge >= 0.3 is 12.1 Å². The van der Waals surface area contributed by atoms with Crippen LogP contribution in [0.25, 0.3) is 0 Å². The highest BCUT2D eigenvalue weighted by Gasteiger charge is 2.57. The third-order valence-corrected chi connectivity index (χ3v) is 3.71. The van der Waals surface area contributed by atoms with Crippen molar-refractivity contribution in [3.05, 3.63) is 0 Å². The summed E-state index contributed by atoms with van der Waals surface area (Å²) in [7, 11) is 0. The zero-order chi connectivity index (χ0) is 14.9. The lowest BCUT2D eigenvalue weighted by atomic mass is 10.2. The average molecular weight is 304 g/mol. The Morgan fingerprint density at radius 1 is 1.30 bits per heavy atom. The number of alkyl halides is 1. The van der Waals surface area contributed by atoms with E-state index in [2.05, 4.69) is 10.6 Å². The molecule has 1 saturated heterocycles. The van der Waals surface area contributed by atoms with Crippen molar-refractivity contribution in [2.75, 3.05) is 25.5 Å². The van der Waals surface area contributed by atoms with Gasteiger partial charge in [0.05, 0.1) is 0 Å². The minimum absolute atomic E-state index is 0.170. The van der Waals surface area contributed by atoms with E-state index >= 15 is 0 Å². The average Bonchev–Trinajstić information content (AvgIpc) is 2.79. The number of hydrogen-bond donors (Lipinski definition) is 2. The highest BCUT2D eigenvalue weighted by molar-refractivity contribution is 6.18. The van der Waals surface area contributed by atoms with Crippen molar-refractivity contribution >= 4 is 23.7 Å². The van der Waals surface area contributed by atoms with Crippen LogP contribution >= 0.6 is 11.6 Å². The van der Waals surface area contributed by atoms with Gasteiger partial charge in [-0.25, -0.2) is 9.59 Å². The van der Waals surface area contributed by atoms with Crippen molar-refractivity contribution in [1.82, 2.24) is 15.5 Å². The van der Waals surface area contributed by atoms with Crippen LogP contribution in [0.15, 0.2) is 0 Å². The van der Waals surface area contributed by atoms with Gasteiger partial charge in [-0.1, -0.05) is 0 Å². The van der Waals surface area contributed by atoms with E-state index in [-0.39, 0.29) is 18.2 Å². The predicted octanol–water partition coefficient (Wildman–Crippen LogP) is 1.39. The molecule has 2 N–H and O–H groups in total. The molecule has 1 heterocycles. The van der Waals surface area contributed by atoms with E-state index < -0.39 is 5.60 Å². The number of hydrogen-bond acceptors (Lipinski definition) is 3. The summed E-state index contributed by atoms with van der Waals surface area (Å²) in [4.78, 5) is 25.1. The second-order valence-corrected chi connectivity index (χ2v) is 6.71. The van der Waals surface area contributed by atoms with Gasteiger partial charge in [-0.2, -0.15) is 0 Å². The third kappa shape index (κ3) is 3.69. The number of nitrogens with zero attached hydrogens (tertiary/aromatic N) is 1. The molecule has 2 aliphatic rings. The van der Waals surface area contributed by atoms with Gasteiger partial charge in [0, 0.05) is 43.4 Å². The molecule has 6 nitrogen and oxygen atoms in total. The molecule has 20 heavy (non-hydrogen) atoms. The zero-order valence-corrected chi connectivity index (χ0v) is 12.9. The summed E-state index contributed by atoms with van der Waals surface area (Å²) in [6, 6.07) is -0.0159. The minimum Gasteiger partial charge on any atom is -0.444 e. The van der Waals surface area contributed by atoms with Crippen LogP contribution in [-0.4, -0.2) is 54.2 Å². The van der Waals surface area contributed by atoms with Gasteiger partial charge in [-0.3, -0.25) is 0 Å².